The summed E-state index contributed by atoms with van der Waals surface area (Å²) in [5.41, 5.74) is 1.10. The van der Waals surface area contributed by atoms with Gasteiger partial charge in [0.15, 0.2) is 0 Å². The van der Waals surface area contributed by atoms with Crippen LogP contribution >= 0.6 is 11.6 Å². The Kier molecular flexibility index (Phi) is 6.91. The van der Waals surface area contributed by atoms with Crippen molar-refractivity contribution in [1.29, 1.82) is 0 Å². The van der Waals surface area contributed by atoms with Gasteiger partial charge in [0.1, 0.15) is 0 Å². The first kappa shape index (κ1) is 24.3. The van der Waals surface area contributed by atoms with Crippen LogP contribution in [0.5, 0.6) is 0 Å². The lowest BCUT2D eigenvalue weighted by molar-refractivity contribution is -0.160. The Hall–Kier alpha value is -2.38. The van der Waals surface area contributed by atoms with E-state index in [0.717, 1.165) is 30.7 Å². The molecule has 2 saturated heterocycles. The molecule has 2 aromatic rings. The summed E-state index contributed by atoms with van der Waals surface area (Å²) in [6.07, 6.45) is 4.56. The maximum Gasteiger partial charge on any atom is 0.292 e. The number of carbonyl (C=O) groups is 2. The van der Waals surface area contributed by atoms with Gasteiger partial charge in [-0.1, -0.05) is 42.7 Å². The van der Waals surface area contributed by atoms with Crippen LogP contribution in [0.4, 0.5) is 0 Å². The number of likely N-dealkylation sites (tertiary alicyclic amines) is 2. The second-order valence-electron chi connectivity index (χ2n) is 10.8. The number of carbonyl (C=O) groups excluding carboxylic acids is 2. The smallest absolute Gasteiger partial charge is 0.292 e. The van der Waals surface area contributed by atoms with Crippen LogP contribution in [0.25, 0.3) is 0 Å². The van der Waals surface area contributed by atoms with Crippen LogP contribution in [0, 0.1) is 11.3 Å². The van der Waals surface area contributed by atoms with E-state index in [9.17, 15) is 9.59 Å². The van der Waals surface area contributed by atoms with Crippen LogP contribution in [-0.2, 0) is 16.1 Å². The van der Waals surface area contributed by atoms with E-state index < -0.39 is 5.41 Å². The lowest BCUT2D eigenvalue weighted by Crippen LogP contribution is -2.60. The van der Waals surface area contributed by atoms with Crippen molar-refractivity contribution in [1.82, 2.24) is 15.0 Å². The van der Waals surface area contributed by atoms with E-state index in [1.807, 2.05) is 43.0 Å². The average Bonchev–Trinajstić information content (AvgIpc) is 3.53. The van der Waals surface area contributed by atoms with Crippen molar-refractivity contribution in [2.75, 3.05) is 26.2 Å². The van der Waals surface area contributed by atoms with Crippen molar-refractivity contribution in [2.24, 2.45) is 11.3 Å². The van der Waals surface area contributed by atoms with Gasteiger partial charge in [-0.15, -0.1) is 0 Å². The minimum absolute atomic E-state index is 0.0413. The first-order valence-electron chi connectivity index (χ1n) is 12.7. The predicted octanol–water partition coefficient (Wildman–Crippen LogP) is 4.90. The Labute approximate surface area is 211 Å². The van der Waals surface area contributed by atoms with Crippen molar-refractivity contribution >= 4 is 23.4 Å². The normalized spacial score (nSPS) is 25.0. The molecule has 1 aliphatic carbocycles. The van der Waals surface area contributed by atoms with Crippen LogP contribution < -0.4 is 0 Å². The van der Waals surface area contributed by atoms with Gasteiger partial charge in [-0.2, -0.15) is 0 Å². The number of rotatable bonds is 7. The maximum atomic E-state index is 13.9. The first-order valence-corrected chi connectivity index (χ1v) is 13.1. The zero-order valence-electron chi connectivity index (χ0n) is 20.5. The highest BCUT2D eigenvalue weighted by Crippen LogP contribution is 2.42. The molecule has 2 atom stereocenters. The molecule has 35 heavy (non-hydrogen) atoms. The third-order valence-corrected chi connectivity index (χ3v) is 7.74. The fraction of sp³-hybridized carbons (Fsp3) is 0.593. The summed E-state index contributed by atoms with van der Waals surface area (Å²) in [4.78, 5) is 30.9. The topological polar surface area (TPSA) is 75.9 Å². The van der Waals surface area contributed by atoms with Crippen LogP contribution in [0.2, 0.25) is 5.02 Å². The summed E-state index contributed by atoms with van der Waals surface area (Å²) in [5, 5.41) is 4.70. The molecule has 1 saturated carbocycles. The van der Waals surface area contributed by atoms with E-state index in [2.05, 4.69) is 5.16 Å². The third-order valence-electron chi connectivity index (χ3n) is 7.51. The van der Waals surface area contributed by atoms with Crippen LogP contribution in [0.15, 0.2) is 34.9 Å². The molecule has 1 spiro atoms. The fourth-order valence-electron chi connectivity index (χ4n) is 5.38. The van der Waals surface area contributed by atoms with E-state index >= 15 is 0 Å². The van der Waals surface area contributed by atoms with Gasteiger partial charge in [-0.25, -0.2) is 0 Å². The largest absolute Gasteiger partial charge is 0.376 e. The Morgan fingerprint density at radius 2 is 2.14 bits per heavy atom. The minimum atomic E-state index is -0.653. The molecule has 2 amide bonds. The molecule has 1 aromatic heterocycles. The molecule has 188 valence electrons. The molecule has 2 aliphatic heterocycles. The molecule has 8 heteroatoms. The van der Waals surface area contributed by atoms with E-state index in [1.165, 1.54) is 12.8 Å². The van der Waals surface area contributed by atoms with E-state index in [-0.39, 0.29) is 29.6 Å². The number of hydrogen-bond acceptors (Lipinski definition) is 5. The second-order valence-corrected chi connectivity index (χ2v) is 11.2. The molecule has 7 nitrogen and oxygen atoms in total. The summed E-state index contributed by atoms with van der Waals surface area (Å²) < 4.78 is 11.7. The number of amides is 2. The lowest BCUT2D eigenvalue weighted by atomic mass is 9.72. The molecule has 3 aliphatic rings. The standard InChI is InChI=1S/C27H34ClN3O4/c1-18(2)23-12-24(35-29-23)25(32)30-10-4-9-27(17-30)13-22(34-16-19-7-8-19)15-31(26(27)33)14-20-5-3-6-21(28)11-20/h3,5-6,11-12,18-19,22H,4,7-10,13-17H2,1-2H3/t22-,27-/m0/s1. The summed E-state index contributed by atoms with van der Waals surface area (Å²) >= 11 is 6.21. The van der Waals surface area contributed by atoms with Gasteiger partial charge >= 0.3 is 0 Å². The number of hydrogen-bond donors (Lipinski definition) is 0. The Balaban J connectivity index is 1.36. The second kappa shape index (κ2) is 9.94. The molecule has 5 rings (SSSR count). The summed E-state index contributed by atoms with van der Waals surface area (Å²) in [7, 11) is 0. The number of piperidine rings is 2. The third kappa shape index (κ3) is 5.41. The summed E-state index contributed by atoms with van der Waals surface area (Å²) in [5.74, 6) is 0.972. The number of benzene rings is 1. The van der Waals surface area contributed by atoms with E-state index in [1.54, 1.807) is 11.0 Å². The zero-order chi connectivity index (χ0) is 24.6. The van der Waals surface area contributed by atoms with Gasteiger partial charge < -0.3 is 19.1 Å². The van der Waals surface area contributed by atoms with Crippen molar-refractivity contribution in [3.05, 3.63) is 52.4 Å². The maximum absolute atomic E-state index is 13.9. The van der Waals surface area contributed by atoms with E-state index in [4.69, 9.17) is 20.9 Å². The molecule has 0 unspecified atom stereocenters. The van der Waals surface area contributed by atoms with Gasteiger partial charge in [-0.3, -0.25) is 9.59 Å². The van der Waals surface area contributed by atoms with Crippen molar-refractivity contribution < 1.29 is 18.8 Å². The zero-order valence-corrected chi connectivity index (χ0v) is 21.3. The molecule has 1 aromatic carbocycles. The van der Waals surface area contributed by atoms with Gasteiger partial charge in [0.2, 0.25) is 11.7 Å². The molecular weight excluding hydrogens is 466 g/mol. The number of halogens is 1. The Morgan fingerprint density at radius 3 is 2.86 bits per heavy atom. The van der Waals surface area contributed by atoms with Gasteiger partial charge in [0.05, 0.1) is 17.2 Å². The Bertz CT molecular complexity index is 1080. The predicted molar refractivity (Wildman–Crippen MR) is 132 cm³/mol. The number of nitrogens with zero attached hydrogens (tertiary/aromatic N) is 3. The molecule has 3 heterocycles. The molecule has 0 N–H and O–H groups in total. The van der Waals surface area contributed by atoms with Gasteiger partial charge in [-0.05, 0) is 61.6 Å². The van der Waals surface area contributed by atoms with Crippen molar-refractivity contribution in [2.45, 2.75) is 64.5 Å². The van der Waals surface area contributed by atoms with Crippen LogP contribution in [-0.4, -0.2) is 59.1 Å². The van der Waals surface area contributed by atoms with Crippen LogP contribution in [0.3, 0.4) is 0 Å². The quantitative estimate of drug-likeness (QED) is 0.541. The lowest BCUT2D eigenvalue weighted by Gasteiger charge is -2.49. The highest BCUT2D eigenvalue weighted by atomic mass is 35.5. The molecule has 3 fully saturated rings. The summed E-state index contributed by atoms with van der Waals surface area (Å²) in [6, 6.07) is 9.37. The first-order chi connectivity index (χ1) is 16.8. The van der Waals surface area contributed by atoms with Crippen molar-refractivity contribution in [3.8, 4) is 0 Å². The van der Waals surface area contributed by atoms with Crippen LogP contribution in [0.1, 0.15) is 73.7 Å². The molecule has 0 radical (unpaired) electrons. The fourth-order valence-corrected chi connectivity index (χ4v) is 5.59. The average molecular weight is 500 g/mol. The van der Waals surface area contributed by atoms with Crippen molar-refractivity contribution in [3.63, 3.8) is 0 Å². The monoisotopic (exact) mass is 499 g/mol. The highest BCUT2D eigenvalue weighted by molar-refractivity contribution is 6.30. The molecule has 0 bridgehead atoms. The van der Waals surface area contributed by atoms with Gasteiger partial charge in [0, 0.05) is 43.9 Å². The van der Waals surface area contributed by atoms with E-state index in [0.29, 0.717) is 43.5 Å². The summed E-state index contributed by atoms with van der Waals surface area (Å²) in [6.45, 7) is 6.80. The minimum Gasteiger partial charge on any atom is -0.376 e. The number of aromatic nitrogens is 1. The SMILES string of the molecule is CC(C)c1cc(C(=O)N2CCC[C@]3(C[C@H](OCC4CC4)CN(Cc4cccc(Cl)c4)C3=O)C2)on1. The Morgan fingerprint density at radius 1 is 1.31 bits per heavy atom. The highest BCUT2D eigenvalue weighted by Gasteiger charge is 2.51. The molecular formula is C27H34ClN3O4. The number of ether oxygens (including phenoxy) is 1. The van der Waals surface area contributed by atoms with Gasteiger partial charge in [0.25, 0.3) is 5.91 Å².